The van der Waals surface area contributed by atoms with Crippen molar-refractivity contribution >= 4 is 117 Å². The molecule has 0 saturated carbocycles. The normalized spacial score (nSPS) is 15.4. The standard InChI is InChI=1S/C34H35FN6O3.C19H16N4O3.C15H21FN2O.CH4.ClH.S2.H2S/c1-22-14-32-37-17-26(18-41(32)38-22)25-11-12-30-28(15-25)29(23(2)42)20-39(30)21-33(43)40-19-27(35)16-31(40)34(44)36-13-7-6-10-24-8-4-3-5-9-24;1-11-5-18-20-7-14(8-23(18)21-11)13-3-4-17-15(6-13)16(12(2)24)9-22(17)10-19(25)26;16-13-10-14(18-11-13)15(19)17-9-5-4-8-12-6-2-1-3-7-12;;;1-2;/h3-5,8-9,11-12,14-15,17-18,20,27,31H,6-7,10,13,16,19,21H2,1-2H3,(H,36,44);3-9H,10H2,1-2H3,(H,25,26);1-3,6-7,13-14,18H,4-5,8-11H2,(H,17,19);1H4;1H;;1H2/t27-,31+;;13-,14+;;;;/m1.1..../s1. The Morgan fingerprint density at radius 2 is 1.07 bits per heavy atom. The first-order valence-electron chi connectivity index (χ1n) is 30.2. The van der Waals surface area contributed by atoms with Gasteiger partial charge in [-0.25, -0.2) is 27.8 Å². The summed E-state index contributed by atoms with van der Waals surface area (Å²) in [6.45, 7) is 7.78. The van der Waals surface area contributed by atoms with Gasteiger partial charge in [0.15, 0.2) is 22.9 Å². The number of aromatic nitrogens is 8. The molecule has 496 valence electrons. The van der Waals surface area contributed by atoms with E-state index in [1.54, 1.807) is 43.0 Å². The molecule has 2 saturated heterocycles. The van der Waals surface area contributed by atoms with Crippen LogP contribution in [0.5, 0.6) is 0 Å². The molecule has 6 aromatic heterocycles. The van der Waals surface area contributed by atoms with Crippen LogP contribution in [0, 0.1) is 13.8 Å². The molecule has 94 heavy (non-hydrogen) atoms. The number of unbranched alkanes of at least 4 members (excludes halogenated alkanes) is 2. The summed E-state index contributed by atoms with van der Waals surface area (Å²) < 4.78 is 34.2. The summed E-state index contributed by atoms with van der Waals surface area (Å²) in [6.07, 6.45) is 14.4. The number of carboxylic acids is 1. The number of aliphatic carboxylic acids is 1. The first kappa shape index (κ1) is 74.4. The Morgan fingerprint density at radius 1 is 0.606 bits per heavy atom. The van der Waals surface area contributed by atoms with Crippen molar-refractivity contribution in [3.05, 3.63) is 180 Å². The highest BCUT2D eigenvalue weighted by atomic mass is 35.5. The zero-order valence-corrected chi connectivity index (χ0v) is 55.4. The van der Waals surface area contributed by atoms with E-state index in [-0.39, 0.29) is 94.7 Å². The maximum absolute atomic E-state index is 14.5. The van der Waals surface area contributed by atoms with E-state index in [1.807, 2.05) is 111 Å². The number of Topliss-reactive ketones (excluding diaryl/α,β-unsaturated/α-hetero) is 2. The number of aryl methyl sites for hydroxylation is 4. The number of carboxylic acid groups (broad SMARTS) is 1. The molecule has 2 fully saturated rings. The minimum Gasteiger partial charge on any atom is -0.480 e. The average Bonchev–Trinajstić information content (AvgIpc) is 1.61. The SMILES string of the molecule is C.CC(=O)c1cn(CC(=O)N2C[C@H](F)C[C@H]2C(=O)NCCCCc2ccccc2)c2ccc(-c3cnc4cc(C)nn4c3)cc12.CC(=O)c1cn(CC(=O)O)c2ccc(-c3cnc4cc(C)nn4c3)cc12.Cl.O=C(NCCCCc1ccccc1)[C@@H]1C[C@@H](F)CN1.S.S=S. The van der Waals surface area contributed by atoms with Crippen LogP contribution in [0.15, 0.2) is 146 Å². The number of carbonyl (C=O) groups excluding carboxylic acids is 5. The van der Waals surface area contributed by atoms with E-state index in [4.69, 9.17) is 5.11 Å². The van der Waals surface area contributed by atoms with Crippen LogP contribution in [-0.4, -0.2) is 134 Å². The number of likely N-dealkylation sites (tertiary alicyclic amines) is 1. The van der Waals surface area contributed by atoms with E-state index >= 15 is 0 Å². The molecule has 2 aliphatic heterocycles. The van der Waals surface area contributed by atoms with Gasteiger partial charge in [0.2, 0.25) is 17.7 Å². The summed E-state index contributed by atoms with van der Waals surface area (Å²) in [5, 5.41) is 28.0. The average molecular weight is 1360 g/mol. The third-order valence-electron chi connectivity index (χ3n) is 16.0. The number of halogens is 3. The second-order valence-electron chi connectivity index (χ2n) is 22.8. The predicted molar refractivity (Wildman–Crippen MR) is 375 cm³/mol. The number of hydrogen-bond donors (Lipinski definition) is 4. The summed E-state index contributed by atoms with van der Waals surface area (Å²) in [6, 6.07) is 34.4. The molecule has 0 bridgehead atoms. The highest BCUT2D eigenvalue weighted by molar-refractivity contribution is 8.07. The summed E-state index contributed by atoms with van der Waals surface area (Å²) in [5.74, 6) is -1.96. The molecule has 0 unspecified atom stereocenters. The van der Waals surface area contributed by atoms with E-state index < -0.39 is 24.4 Å². The molecule has 4 aromatic carbocycles. The second kappa shape index (κ2) is 35.0. The monoisotopic (exact) mass is 1360 g/mol. The van der Waals surface area contributed by atoms with Gasteiger partial charge in [-0.2, -0.15) is 23.7 Å². The molecule has 0 spiro atoms. The van der Waals surface area contributed by atoms with Crippen LogP contribution < -0.4 is 16.0 Å². The van der Waals surface area contributed by atoms with Gasteiger partial charge in [0.25, 0.3) is 0 Å². The second-order valence-corrected chi connectivity index (χ2v) is 22.8. The maximum Gasteiger partial charge on any atom is 0.323 e. The Morgan fingerprint density at radius 3 is 1.52 bits per heavy atom. The summed E-state index contributed by atoms with van der Waals surface area (Å²) in [5.41, 5.74) is 11.7. The maximum atomic E-state index is 14.5. The topological polar surface area (TPSA) is 232 Å². The molecule has 0 radical (unpaired) electrons. The fourth-order valence-corrected chi connectivity index (χ4v) is 11.5. The molecule has 12 rings (SSSR count). The van der Waals surface area contributed by atoms with Crippen molar-refractivity contribution in [2.45, 2.75) is 124 Å². The van der Waals surface area contributed by atoms with Gasteiger partial charge in [-0.05, 0) is 113 Å². The largest absolute Gasteiger partial charge is 0.480 e. The Labute approximate surface area is 567 Å². The van der Waals surface area contributed by atoms with Crippen LogP contribution in [0.1, 0.15) is 103 Å². The minimum absolute atomic E-state index is 0. The lowest BCUT2D eigenvalue weighted by molar-refractivity contribution is -0.138. The highest BCUT2D eigenvalue weighted by Crippen LogP contribution is 2.31. The molecular formula is C69H79ClF2N12O7S3. The number of hydrogen-bond acceptors (Lipinski definition) is 13. The quantitative estimate of drug-likeness (QED) is 0.0411. The fraction of sp³-hybridized carbons (Fsp3) is 0.333. The predicted octanol–water partition coefficient (Wildman–Crippen LogP) is 10.9. The molecule has 25 heteroatoms. The lowest BCUT2D eigenvalue weighted by Gasteiger charge is -2.24. The zero-order valence-electron chi connectivity index (χ0n) is 52.0. The van der Waals surface area contributed by atoms with Gasteiger partial charge in [0.05, 0.1) is 24.0 Å². The van der Waals surface area contributed by atoms with Crippen molar-refractivity contribution in [1.82, 2.24) is 59.2 Å². The lowest BCUT2D eigenvalue weighted by Crippen LogP contribution is -2.47. The molecule has 3 amide bonds. The number of nitrogens with one attached hydrogen (secondary N) is 3. The summed E-state index contributed by atoms with van der Waals surface area (Å²) in [7, 11) is 0. The van der Waals surface area contributed by atoms with Gasteiger partial charge < -0.3 is 35.1 Å². The number of ketones is 2. The van der Waals surface area contributed by atoms with Crippen molar-refractivity contribution in [3.8, 4) is 22.3 Å². The molecule has 4 N–H and O–H groups in total. The van der Waals surface area contributed by atoms with Crippen molar-refractivity contribution in [2.24, 2.45) is 0 Å². The smallest absolute Gasteiger partial charge is 0.323 e. The van der Waals surface area contributed by atoms with Crippen LogP contribution in [0.2, 0.25) is 0 Å². The number of rotatable bonds is 20. The molecule has 8 heterocycles. The molecule has 0 aliphatic carbocycles. The van der Waals surface area contributed by atoms with Crippen LogP contribution in [-0.2, 0) is 67.5 Å². The van der Waals surface area contributed by atoms with Gasteiger partial charge in [-0.3, -0.25) is 28.8 Å². The highest BCUT2D eigenvalue weighted by Gasteiger charge is 2.40. The van der Waals surface area contributed by atoms with Crippen molar-refractivity contribution in [1.29, 1.82) is 0 Å². The van der Waals surface area contributed by atoms with Crippen LogP contribution >= 0.6 is 25.9 Å². The Balaban J connectivity index is 0.000000238. The number of amides is 3. The first-order chi connectivity index (χ1) is 43.9. The number of carbonyl (C=O) groups is 6. The molecular weight excluding hydrogens is 1280 g/mol. The van der Waals surface area contributed by atoms with Gasteiger partial charge in [-0.15, -0.1) is 12.4 Å². The number of alkyl halides is 2. The van der Waals surface area contributed by atoms with Crippen molar-refractivity contribution in [3.63, 3.8) is 0 Å². The third-order valence-corrected chi connectivity index (χ3v) is 16.0. The Bertz CT molecular complexity index is 4240. The third kappa shape index (κ3) is 19.0. The van der Waals surface area contributed by atoms with E-state index in [0.29, 0.717) is 53.6 Å². The lowest BCUT2D eigenvalue weighted by atomic mass is 10.0. The van der Waals surface area contributed by atoms with E-state index in [1.165, 1.54) is 29.9 Å². The van der Waals surface area contributed by atoms with E-state index in [9.17, 15) is 37.5 Å². The Hall–Kier alpha value is -8.68. The number of benzene rings is 4. The van der Waals surface area contributed by atoms with Crippen molar-refractivity contribution < 1.29 is 42.7 Å². The van der Waals surface area contributed by atoms with Gasteiger partial charge in [-0.1, -0.05) is 80.2 Å². The number of nitrogens with zero attached hydrogens (tertiary/aromatic N) is 9. The fourth-order valence-electron chi connectivity index (χ4n) is 11.5. The van der Waals surface area contributed by atoms with Crippen molar-refractivity contribution in [2.75, 3.05) is 26.2 Å². The van der Waals surface area contributed by atoms with Crippen LogP contribution in [0.4, 0.5) is 8.78 Å². The van der Waals surface area contributed by atoms with Gasteiger partial charge in [0.1, 0.15) is 31.5 Å². The van der Waals surface area contributed by atoms with Gasteiger partial charge >= 0.3 is 5.97 Å². The Kier molecular flexibility index (Phi) is 27.7. The first-order valence-corrected chi connectivity index (χ1v) is 31.5. The molecule has 19 nitrogen and oxygen atoms in total. The molecule has 4 atom stereocenters. The van der Waals surface area contributed by atoms with Crippen LogP contribution in [0.25, 0.3) is 55.4 Å². The molecule has 10 aromatic rings. The summed E-state index contributed by atoms with van der Waals surface area (Å²) in [4.78, 5) is 84.1. The zero-order chi connectivity index (χ0) is 64.7. The molecule has 2 aliphatic rings. The van der Waals surface area contributed by atoms with Gasteiger partial charge in [0, 0.05) is 148 Å². The van der Waals surface area contributed by atoms with Crippen LogP contribution in [0.3, 0.4) is 0 Å². The van der Waals surface area contributed by atoms with E-state index in [0.717, 1.165) is 88.8 Å². The van der Waals surface area contributed by atoms with E-state index in [2.05, 4.69) is 82.8 Å². The minimum atomic E-state index is -1.27. The summed E-state index contributed by atoms with van der Waals surface area (Å²) >= 11 is 7.33. The number of fused-ring (bicyclic) bond motifs is 4.